The number of para-hydroxylation sites is 1. The zero-order chi connectivity index (χ0) is 18.1. The highest BCUT2D eigenvalue weighted by Gasteiger charge is 2.12. The van der Waals surface area contributed by atoms with Crippen molar-refractivity contribution in [3.8, 4) is 11.4 Å². The number of aromatic nitrogens is 2. The molecule has 3 aromatic carbocycles. The van der Waals surface area contributed by atoms with E-state index in [1.165, 1.54) is 3.57 Å². The molecule has 26 heavy (non-hydrogen) atoms. The summed E-state index contributed by atoms with van der Waals surface area (Å²) in [5.41, 5.74) is 2.55. The van der Waals surface area contributed by atoms with E-state index in [0.717, 1.165) is 28.0 Å². The minimum Gasteiger partial charge on any atom is -0.340 e. The molecule has 0 radical (unpaired) electrons. The van der Waals surface area contributed by atoms with Crippen LogP contribution in [0.3, 0.4) is 0 Å². The minimum absolute atomic E-state index is 0.521. The molecule has 4 rings (SSSR count). The summed E-state index contributed by atoms with van der Waals surface area (Å²) in [6.45, 7) is 0. The summed E-state index contributed by atoms with van der Waals surface area (Å²) in [6.07, 6.45) is 0. The van der Waals surface area contributed by atoms with Crippen molar-refractivity contribution in [3.05, 3.63) is 80.3 Å². The molecule has 0 atom stereocenters. The van der Waals surface area contributed by atoms with Crippen LogP contribution in [0.15, 0.2) is 66.7 Å². The number of nitrogens with zero attached hydrogens (tertiary/aromatic N) is 2. The standard InChI is InChI=1S/C20H12Cl2IN3/c21-12-5-10-15(17(22)11-12)19-25-18-4-2-1-3-16(18)20(26-19)24-14-8-6-13(23)7-9-14/h1-11H,(H,24,25,26). The van der Waals surface area contributed by atoms with Gasteiger partial charge in [-0.25, -0.2) is 9.97 Å². The van der Waals surface area contributed by atoms with Gasteiger partial charge in [0.2, 0.25) is 0 Å². The van der Waals surface area contributed by atoms with Crippen molar-refractivity contribution in [1.29, 1.82) is 0 Å². The highest BCUT2D eigenvalue weighted by Crippen LogP contribution is 2.32. The van der Waals surface area contributed by atoms with E-state index in [1.807, 2.05) is 54.6 Å². The summed E-state index contributed by atoms with van der Waals surface area (Å²) >= 11 is 14.7. The predicted molar refractivity (Wildman–Crippen MR) is 117 cm³/mol. The van der Waals surface area contributed by atoms with Gasteiger partial charge in [-0.05, 0) is 77.2 Å². The Balaban J connectivity index is 1.86. The van der Waals surface area contributed by atoms with Gasteiger partial charge in [-0.15, -0.1) is 0 Å². The summed E-state index contributed by atoms with van der Waals surface area (Å²) in [6, 6.07) is 21.3. The van der Waals surface area contributed by atoms with Crippen molar-refractivity contribution in [2.24, 2.45) is 0 Å². The first-order valence-electron chi connectivity index (χ1n) is 7.85. The fraction of sp³-hybridized carbons (Fsp3) is 0. The van der Waals surface area contributed by atoms with E-state index in [-0.39, 0.29) is 0 Å². The van der Waals surface area contributed by atoms with Crippen LogP contribution in [0.5, 0.6) is 0 Å². The second-order valence-corrected chi connectivity index (χ2v) is 7.76. The van der Waals surface area contributed by atoms with E-state index < -0.39 is 0 Å². The van der Waals surface area contributed by atoms with E-state index >= 15 is 0 Å². The molecule has 0 aliphatic heterocycles. The van der Waals surface area contributed by atoms with Crippen molar-refractivity contribution >= 4 is 68.2 Å². The number of halogens is 3. The average molecular weight is 492 g/mol. The molecule has 0 amide bonds. The highest BCUT2D eigenvalue weighted by molar-refractivity contribution is 14.1. The van der Waals surface area contributed by atoms with Gasteiger partial charge < -0.3 is 5.32 Å². The largest absolute Gasteiger partial charge is 0.340 e. The molecule has 1 heterocycles. The molecule has 0 unspecified atom stereocenters. The van der Waals surface area contributed by atoms with Crippen molar-refractivity contribution in [3.63, 3.8) is 0 Å². The number of hydrogen-bond acceptors (Lipinski definition) is 3. The van der Waals surface area contributed by atoms with Gasteiger partial charge in [0.05, 0.1) is 10.5 Å². The Morgan fingerprint density at radius 3 is 2.38 bits per heavy atom. The zero-order valence-electron chi connectivity index (χ0n) is 13.4. The Kier molecular flexibility index (Phi) is 4.98. The van der Waals surface area contributed by atoms with Gasteiger partial charge in [0.1, 0.15) is 5.82 Å². The normalized spacial score (nSPS) is 10.9. The maximum atomic E-state index is 6.36. The molecule has 6 heteroatoms. The molecule has 0 bridgehead atoms. The van der Waals surface area contributed by atoms with E-state index in [4.69, 9.17) is 28.2 Å². The van der Waals surface area contributed by atoms with Gasteiger partial charge in [-0.2, -0.15) is 0 Å². The lowest BCUT2D eigenvalue weighted by molar-refractivity contribution is 1.22. The highest BCUT2D eigenvalue weighted by atomic mass is 127. The maximum Gasteiger partial charge on any atom is 0.163 e. The second-order valence-electron chi connectivity index (χ2n) is 5.67. The van der Waals surface area contributed by atoms with Crippen molar-refractivity contribution in [2.75, 3.05) is 5.32 Å². The fourth-order valence-corrected chi connectivity index (χ4v) is 3.49. The van der Waals surface area contributed by atoms with E-state index in [9.17, 15) is 0 Å². The Labute approximate surface area is 174 Å². The van der Waals surface area contributed by atoms with Crippen LogP contribution in [0.4, 0.5) is 11.5 Å². The van der Waals surface area contributed by atoms with Crippen molar-refractivity contribution < 1.29 is 0 Å². The Hall–Kier alpha value is -1.89. The molecule has 1 aromatic heterocycles. The van der Waals surface area contributed by atoms with Crippen LogP contribution >= 0.6 is 45.8 Å². The molecule has 0 aliphatic rings. The summed E-state index contributed by atoms with van der Waals surface area (Å²) in [4.78, 5) is 9.40. The lowest BCUT2D eigenvalue weighted by atomic mass is 10.1. The first-order valence-corrected chi connectivity index (χ1v) is 9.68. The Morgan fingerprint density at radius 2 is 1.62 bits per heavy atom. The fourth-order valence-electron chi connectivity index (χ4n) is 2.63. The summed E-state index contributed by atoms with van der Waals surface area (Å²) in [5, 5.41) is 5.44. The van der Waals surface area contributed by atoms with Gasteiger partial charge in [0.25, 0.3) is 0 Å². The van der Waals surface area contributed by atoms with Crippen LogP contribution in [-0.4, -0.2) is 9.97 Å². The number of hydrogen-bond donors (Lipinski definition) is 1. The molecular weight excluding hydrogens is 480 g/mol. The SMILES string of the molecule is Clc1ccc(-c2nc(Nc3ccc(I)cc3)c3ccccc3n2)c(Cl)c1. The van der Waals surface area contributed by atoms with Crippen LogP contribution < -0.4 is 5.32 Å². The van der Waals surface area contributed by atoms with Gasteiger partial charge in [-0.1, -0.05) is 35.3 Å². The number of nitrogens with one attached hydrogen (secondary N) is 1. The Morgan fingerprint density at radius 1 is 0.846 bits per heavy atom. The van der Waals surface area contributed by atoms with Crippen molar-refractivity contribution in [1.82, 2.24) is 9.97 Å². The first kappa shape index (κ1) is 17.5. The minimum atomic E-state index is 0.521. The lowest BCUT2D eigenvalue weighted by Crippen LogP contribution is -1.99. The average Bonchev–Trinajstić information content (AvgIpc) is 2.63. The molecular formula is C20H12Cl2IN3. The molecule has 1 N–H and O–H groups in total. The number of benzene rings is 3. The number of anilines is 2. The molecule has 0 saturated carbocycles. The molecule has 3 nitrogen and oxygen atoms in total. The third kappa shape index (κ3) is 3.63. The second kappa shape index (κ2) is 7.39. The van der Waals surface area contributed by atoms with Crippen LogP contribution in [0.25, 0.3) is 22.3 Å². The van der Waals surface area contributed by atoms with E-state index in [1.54, 1.807) is 12.1 Å². The Bertz CT molecular complexity index is 1100. The molecule has 0 saturated heterocycles. The van der Waals surface area contributed by atoms with E-state index in [0.29, 0.717) is 15.9 Å². The van der Waals surface area contributed by atoms with Crippen LogP contribution in [-0.2, 0) is 0 Å². The van der Waals surface area contributed by atoms with Gasteiger partial charge in [0, 0.05) is 25.2 Å². The predicted octanol–water partition coefficient (Wildman–Crippen LogP) is 6.95. The van der Waals surface area contributed by atoms with Crippen molar-refractivity contribution in [2.45, 2.75) is 0 Å². The molecule has 0 fully saturated rings. The smallest absolute Gasteiger partial charge is 0.163 e. The van der Waals surface area contributed by atoms with Gasteiger partial charge in [-0.3, -0.25) is 0 Å². The zero-order valence-corrected chi connectivity index (χ0v) is 17.0. The van der Waals surface area contributed by atoms with Crippen LogP contribution in [0.2, 0.25) is 10.0 Å². The third-order valence-electron chi connectivity index (χ3n) is 3.88. The molecule has 0 aliphatic carbocycles. The quantitative estimate of drug-likeness (QED) is 0.315. The first-order chi connectivity index (χ1) is 12.6. The monoisotopic (exact) mass is 491 g/mol. The molecule has 128 valence electrons. The topological polar surface area (TPSA) is 37.8 Å². The molecule has 4 aromatic rings. The summed E-state index contributed by atoms with van der Waals surface area (Å²) in [5.74, 6) is 1.29. The molecule has 0 spiro atoms. The summed E-state index contributed by atoms with van der Waals surface area (Å²) in [7, 11) is 0. The lowest BCUT2D eigenvalue weighted by Gasteiger charge is -2.12. The summed E-state index contributed by atoms with van der Waals surface area (Å²) < 4.78 is 1.18. The van der Waals surface area contributed by atoms with Crippen LogP contribution in [0, 0.1) is 3.57 Å². The van der Waals surface area contributed by atoms with E-state index in [2.05, 4.69) is 32.9 Å². The number of fused-ring (bicyclic) bond motifs is 1. The van der Waals surface area contributed by atoms with Gasteiger partial charge >= 0.3 is 0 Å². The van der Waals surface area contributed by atoms with Crippen LogP contribution in [0.1, 0.15) is 0 Å². The number of rotatable bonds is 3. The van der Waals surface area contributed by atoms with Gasteiger partial charge in [0.15, 0.2) is 5.82 Å². The third-order valence-corrected chi connectivity index (χ3v) is 5.15. The maximum absolute atomic E-state index is 6.36.